The summed E-state index contributed by atoms with van der Waals surface area (Å²) in [6.07, 6.45) is 3.12. The predicted molar refractivity (Wildman–Crippen MR) is 122 cm³/mol. The van der Waals surface area contributed by atoms with Crippen molar-refractivity contribution in [2.24, 2.45) is 5.73 Å². The lowest BCUT2D eigenvalue weighted by Crippen LogP contribution is -2.32. The van der Waals surface area contributed by atoms with Gasteiger partial charge < -0.3 is 16.0 Å². The second kappa shape index (κ2) is 12.0. The van der Waals surface area contributed by atoms with Crippen molar-refractivity contribution in [3.8, 4) is 0 Å². The first-order chi connectivity index (χ1) is 12.7. The number of fused-ring (bicyclic) bond motifs is 1. The number of amides is 1. The van der Waals surface area contributed by atoms with Gasteiger partial charge in [-0.25, -0.2) is 4.98 Å². The molecule has 0 saturated heterocycles. The molecule has 0 saturated carbocycles. The zero-order valence-corrected chi connectivity index (χ0v) is 18.1. The van der Waals surface area contributed by atoms with E-state index in [1.54, 1.807) is 11.8 Å². The van der Waals surface area contributed by atoms with E-state index in [9.17, 15) is 4.79 Å². The van der Waals surface area contributed by atoms with Crippen molar-refractivity contribution in [3.05, 3.63) is 66.0 Å². The summed E-state index contributed by atoms with van der Waals surface area (Å²) in [5.41, 5.74) is 9.04. The van der Waals surface area contributed by atoms with Crippen LogP contribution in [0.15, 0.2) is 54.6 Å². The molecule has 0 aliphatic carbocycles. The molecular weight excluding hydrogens is 415 g/mol. The van der Waals surface area contributed by atoms with E-state index in [0.29, 0.717) is 0 Å². The number of imidazole rings is 1. The summed E-state index contributed by atoms with van der Waals surface area (Å²) in [7, 11) is 0. The topological polar surface area (TPSA) is 83.8 Å². The van der Waals surface area contributed by atoms with E-state index >= 15 is 0 Å². The second-order valence-corrected chi connectivity index (χ2v) is 7.25. The summed E-state index contributed by atoms with van der Waals surface area (Å²) in [4.78, 5) is 20.5. The minimum absolute atomic E-state index is 0. The van der Waals surface area contributed by atoms with Crippen LogP contribution in [0.5, 0.6) is 0 Å². The number of carbonyl (C=O) groups excluding carboxylic acids is 1. The number of para-hydroxylation sites is 2. The molecule has 0 radical (unpaired) electrons. The molecule has 2 unspecified atom stereocenters. The van der Waals surface area contributed by atoms with Crippen LogP contribution in [0, 0.1) is 0 Å². The van der Waals surface area contributed by atoms with Crippen molar-refractivity contribution in [1.82, 2.24) is 15.3 Å². The zero-order valence-electron chi connectivity index (χ0n) is 15.6. The number of nitrogens with two attached hydrogens (primary N) is 1. The van der Waals surface area contributed by atoms with E-state index in [0.717, 1.165) is 34.6 Å². The van der Waals surface area contributed by atoms with Crippen molar-refractivity contribution in [2.75, 3.05) is 12.0 Å². The summed E-state index contributed by atoms with van der Waals surface area (Å²) >= 11 is 1.75. The lowest BCUT2D eigenvalue weighted by atomic mass is 10.0. The average molecular weight is 441 g/mol. The highest BCUT2D eigenvalue weighted by atomic mass is 35.5. The maximum Gasteiger partial charge on any atom is 0.222 e. The first-order valence-corrected chi connectivity index (χ1v) is 10.1. The Kier molecular flexibility index (Phi) is 10.4. The molecule has 5 nitrogen and oxygen atoms in total. The number of aromatic amines is 1. The third-order valence-electron chi connectivity index (χ3n) is 4.32. The SMILES string of the molecule is CSCCC(NC(=O)CC(N)c1ccccc1)c1nc2ccccc2[nH]1.Cl.Cl. The Hall–Kier alpha value is -1.73. The molecule has 2 atom stereocenters. The Morgan fingerprint density at radius 1 is 1.14 bits per heavy atom. The van der Waals surface area contributed by atoms with Gasteiger partial charge in [-0.2, -0.15) is 11.8 Å². The Bertz CT molecular complexity index is 827. The molecule has 0 fully saturated rings. The van der Waals surface area contributed by atoms with Gasteiger partial charge in [0.2, 0.25) is 5.91 Å². The number of rotatable bonds is 8. The predicted octanol–water partition coefficient (Wildman–Crippen LogP) is 4.41. The van der Waals surface area contributed by atoms with E-state index < -0.39 is 0 Å². The Balaban J connectivity index is 0.00000196. The van der Waals surface area contributed by atoms with Gasteiger partial charge in [-0.1, -0.05) is 42.5 Å². The molecule has 0 spiro atoms. The van der Waals surface area contributed by atoms with E-state index in [4.69, 9.17) is 5.73 Å². The van der Waals surface area contributed by atoms with Crippen molar-refractivity contribution in [1.29, 1.82) is 0 Å². The van der Waals surface area contributed by atoms with Crippen LogP contribution in [0.1, 0.15) is 36.3 Å². The highest BCUT2D eigenvalue weighted by molar-refractivity contribution is 7.98. The van der Waals surface area contributed by atoms with Crippen LogP contribution in [0.2, 0.25) is 0 Å². The number of hydrogen-bond donors (Lipinski definition) is 3. The normalized spacial score (nSPS) is 12.5. The van der Waals surface area contributed by atoms with Crippen LogP contribution >= 0.6 is 36.6 Å². The van der Waals surface area contributed by atoms with Gasteiger partial charge in [-0.3, -0.25) is 4.79 Å². The van der Waals surface area contributed by atoms with Crippen molar-refractivity contribution < 1.29 is 4.79 Å². The van der Waals surface area contributed by atoms with Crippen molar-refractivity contribution in [3.63, 3.8) is 0 Å². The molecule has 0 bridgehead atoms. The van der Waals surface area contributed by atoms with E-state index in [1.807, 2.05) is 54.6 Å². The highest BCUT2D eigenvalue weighted by Crippen LogP contribution is 2.21. The summed E-state index contributed by atoms with van der Waals surface area (Å²) in [5.74, 6) is 1.67. The minimum atomic E-state index is -0.312. The first kappa shape index (κ1) is 24.3. The van der Waals surface area contributed by atoms with Crippen LogP contribution < -0.4 is 11.1 Å². The van der Waals surface area contributed by atoms with Crippen LogP contribution in [0.25, 0.3) is 11.0 Å². The standard InChI is InChI=1S/C20H24N4OS.2ClH/c1-26-12-11-18(20-23-16-9-5-6-10-17(16)24-20)22-19(25)13-15(21)14-7-3-2-4-8-14;;/h2-10,15,18H,11-13,21H2,1H3,(H,22,25)(H,23,24);2*1H. The number of benzene rings is 2. The fourth-order valence-electron chi connectivity index (χ4n) is 2.92. The molecule has 4 N–H and O–H groups in total. The van der Waals surface area contributed by atoms with Crippen LogP contribution in [-0.2, 0) is 4.79 Å². The Morgan fingerprint density at radius 2 is 1.82 bits per heavy atom. The highest BCUT2D eigenvalue weighted by Gasteiger charge is 2.20. The molecule has 2 aromatic carbocycles. The lowest BCUT2D eigenvalue weighted by molar-refractivity contribution is -0.122. The average Bonchev–Trinajstić information content (AvgIpc) is 3.09. The Morgan fingerprint density at radius 3 is 2.50 bits per heavy atom. The molecule has 3 aromatic rings. The van der Waals surface area contributed by atoms with Crippen molar-refractivity contribution >= 4 is 53.5 Å². The number of carbonyl (C=O) groups is 1. The number of H-pyrrole nitrogens is 1. The Labute approximate surface area is 182 Å². The molecule has 152 valence electrons. The summed E-state index contributed by atoms with van der Waals surface area (Å²) in [5, 5.41) is 3.10. The summed E-state index contributed by atoms with van der Waals surface area (Å²) in [6, 6.07) is 17.1. The lowest BCUT2D eigenvalue weighted by Gasteiger charge is -2.18. The maximum absolute atomic E-state index is 12.5. The smallest absolute Gasteiger partial charge is 0.222 e. The number of nitrogens with zero attached hydrogens (tertiary/aromatic N) is 1. The first-order valence-electron chi connectivity index (χ1n) is 8.71. The van der Waals surface area contributed by atoms with Gasteiger partial charge in [0, 0.05) is 12.5 Å². The van der Waals surface area contributed by atoms with Crippen LogP contribution in [0.3, 0.4) is 0 Å². The maximum atomic E-state index is 12.5. The molecule has 8 heteroatoms. The number of aromatic nitrogens is 2. The number of halogens is 2. The van der Waals surface area contributed by atoms with Gasteiger partial charge >= 0.3 is 0 Å². The number of hydrogen-bond acceptors (Lipinski definition) is 4. The third kappa shape index (κ3) is 6.41. The molecule has 0 aliphatic heterocycles. The molecule has 1 amide bonds. The second-order valence-electron chi connectivity index (χ2n) is 6.26. The quantitative estimate of drug-likeness (QED) is 0.484. The van der Waals surface area contributed by atoms with E-state index in [2.05, 4.69) is 21.5 Å². The van der Waals surface area contributed by atoms with Gasteiger partial charge in [-0.15, -0.1) is 24.8 Å². The minimum Gasteiger partial charge on any atom is -0.346 e. The monoisotopic (exact) mass is 440 g/mol. The van der Waals surface area contributed by atoms with Gasteiger partial charge in [-0.05, 0) is 36.1 Å². The van der Waals surface area contributed by atoms with Crippen LogP contribution in [-0.4, -0.2) is 27.9 Å². The number of thioether (sulfide) groups is 1. The molecule has 0 aliphatic rings. The number of nitrogens with one attached hydrogen (secondary N) is 2. The summed E-state index contributed by atoms with van der Waals surface area (Å²) in [6.45, 7) is 0. The molecule has 3 rings (SSSR count). The molecular formula is C20H26Cl2N4OS. The van der Waals surface area contributed by atoms with E-state index in [-0.39, 0.29) is 49.2 Å². The van der Waals surface area contributed by atoms with Gasteiger partial charge in [0.15, 0.2) is 0 Å². The summed E-state index contributed by atoms with van der Waals surface area (Å²) < 4.78 is 0. The zero-order chi connectivity index (χ0) is 18.4. The van der Waals surface area contributed by atoms with Gasteiger partial charge in [0.25, 0.3) is 0 Å². The molecule has 28 heavy (non-hydrogen) atoms. The largest absolute Gasteiger partial charge is 0.346 e. The fourth-order valence-corrected chi connectivity index (χ4v) is 3.39. The van der Waals surface area contributed by atoms with E-state index in [1.165, 1.54) is 0 Å². The van der Waals surface area contributed by atoms with Gasteiger partial charge in [0.1, 0.15) is 5.82 Å². The molecule has 1 heterocycles. The van der Waals surface area contributed by atoms with Crippen LogP contribution in [0.4, 0.5) is 0 Å². The molecule has 1 aromatic heterocycles. The third-order valence-corrected chi connectivity index (χ3v) is 4.96. The fraction of sp³-hybridized carbons (Fsp3) is 0.300. The van der Waals surface area contributed by atoms with Crippen molar-refractivity contribution in [2.45, 2.75) is 24.9 Å². The van der Waals surface area contributed by atoms with Gasteiger partial charge in [0.05, 0.1) is 17.1 Å².